The standard InChI is InChI=1S/C23H25N3O3S2/c24-13-2-14-31(28,29)19-11-9-18(10-12-19)17-7-5-16(6-8-17)15-30-23-25-21-4-1-3-20(21)22(27)26-23/h5-12H,1-4,13-15,24H2,(H,25,26,27). The zero-order valence-corrected chi connectivity index (χ0v) is 18.8. The van der Waals surface area contributed by atoms with Crippen LogP contribution in [0.25, 0.3) is 11.1 Å². The van der Waals surface area contributed by atoms with Gasteiger partial charge in [0.1, 0.15) is 0 Å². The quantitative estimate of drug-likeness (QED) is 0.399. The van der Waals surface area contributed by atoms with E-state index in [1.165, 1.54) is 11.8 Å². The number of hydrogen-bond acceptors (Lipinski definition) is 6. The van der Waals surface area contributed by atoms with Gasteiger partial charge in [-0.1, -0.05) is 48.2 Å². The molecule has 31 heavy (non-hydrogen) atoms. The molecule has 3 N–H and O–H groups in total. The third-order valence-corrected chi connectivity index (χ3v) is 8.17. The highest BCUT2D eigenvalue weighted by Gasteiger charge is 2.17. The lowest BCUT2D eigenvalue weighted by Crippen LogP contribution is -2.14. The summed E-state index contributed by atoms with van der Waals surface area (Å²) < 4.78 is 24.5. The van der Waals surface area contributed by atoms with Crippen LogP contribution in [-0.2, 0) is 28.4 Å². The molecule has 0 atom stereocenters. The van der Waals surface area contributed by atoms with Gasteiger partial charge in [-0.05, 0) is 61.1 Å². The van der Waals surface area contributed by atoms with Gasteiger partial charge >= 0.3 is 0 Å². The van der Waals surface area contributed by atoms with Crippen LogP contribution in [0.1, 0.15) is 29.7 Å². The van der Waals surface area contributed by atoms with Crippen LogP contribution in [0.15, 0.2) is 63.4 Å². The Balaban J connectivity index is 1.41. The first-order valence-corrected chi connectivity index (χ1v) is 13.0. The van der Waals surface area contributed by atoms with Gasteiger partial charge in [-0.3, -0.25) is 4.79 Å². The van der Waals surface area contributed by atoms with Crippen LogP contribution < -0.4 is 11.3 Å². The fourth-order valence-electron chi connectivity index (χ4n) is 3.68. The van der Waals surface area contributed by atoms with Gasteiger partial charge in [-0.15, -0.1) is 0 Å². The van der Waals surface area contributed by atoms with Gasteiger partial charge in [0.15, 0.2) is 15.0 Å². The molecule has 0 unspecified atom stereocenters. The molecule has 0 aliphatic heterocycles. The number of nitrogens with one attached hydrogen (secondary N) is 1. The van der Waals surface area contributed by atoms with Crippen molar-refractivity contribution in [2.45, 2.75) is 41.5 Å². The SMILES string of the molecule is NCCCS(=O)(=O)c1ccc(-c2ccc(CSc3nc4c(c(=O)[nH]3)CCC4)cc2)cc1. The highest BCUT2D eigenvalue weighted by molar-refractivity contribution is 7.98. The molecule has 1 aromatic heterocycles. The van der Waals surface area contributed by atoms with Crippen molar-refractivity contribution >= 4 is 21.6 Å². The summed E-state index contributed by atoms with van der Waals surface area (Å²) in [5.74, 6) is 0.778. The second-order valence-corrected chi connectivity index (χ2v) is 10.7. The zero-order valence-electron chi connectivity index (χ0n) is 17.1. The Hall–Kier alpha value is -2.42. The molecule has 0 saturated carbocycles. The van der Waals surface area contributed by atoms with E-state index in [9.17, 15) is 13.2 Å². The van der Waals surface area contributed by atoms with E-state index < -0.39 is 9.84 Å². The number of H-pyrrole nitrogens is 1. The van der Waals surface area contributed by atoms with Crippen molar-refractivity contribution < 1.29 is 8.42 Å². The van der Waals surface area contributed by atoms with E-state index in [1.54, 1.807) is 12.1 Å². The minimum absolute atomic E-state index is 0.00571. The number of thioether (sulfide) groups is 1. The molecule has 1 heterocycles. The number of hydrogen-bond donors (Lipinski definition) is 2. The summed E-state index contributed by atoms with van der Waals surface area (Å²) >= 11 is 1.52. The number of aryl methyl sites for hydroxylation is 1. The molecule has 1 aliphatic carbocycles. The number of rotatable bonds is 8. The first kappa shape index (κ1) is 21.8. The van der Waals surface area contributed by atoms with Gasteiger partial charge in [0.05, 0.1) is 16.3 Å². The maximum Gasteiger partial charge on any atom is 0.254 e. The predicted molar refractivity (Wildman–Crippen MR) is 124 cm³/mol. The van der Waals surface area contributed by atoms with Gasteiger partial charge < -0.3 is 10.7 Å². The minimum atomic E-state index is -3.28. The van der Waals surface area contributed by atoms with E-state index >= 15 is 0 Å². The predicted octanol–water partition coefficient (Wildman–Crippen LogP) is 3.34. The van der Waals surface area contributed by atoms with E-state index in [2.05, 4.69) is 9.97 Å². The molecule has 0 radical (unpaired) electrons. The topological polar surface area (TPSA) is 106 Å². The summed E-state index contributed by atoms with van der Waals surface area (Å²) in [5.41, 5.74) is 10.3. The van der Waals surface area contributed by atoms with Crippen molar-refractivity contribution in [2.24, 2.45) is 5.73 Å². The Bertz CT molecular complexity index is 1220. The summed E-state index contributed by atoms with van der Waals surface area (Å²) in [7, 11) is -3.28. The molecule has 0 saturated heterocycles. The van der Waals surface area contributed by atoms with Crippen LogP contribution in [0.2, 0.25) is 0 Å². The van der Waals surface area contributed by atoms with Gasteiger partial charge in [0, 0.05) is 11.3 Å². The van der Waals surface area contributed by atoms with Crippen LogP contribution >= 0.6 is 11.8 Å². The fourth-order valence-corrected chi connectivity index (χ4v) is 5.85. The van der Waals surface area contributed by atoms with Gasteiger partial charge in [-0.2, -0.15) is 0 Å². The third-order valence-electron chi connectivity index (χ3n) is 5.41. The summed E-state index contributed by atoms with van der Waals surface area (Å²) in [6.07, 6.45) is 3.17. The number of fused-ring (bicyclic) bond motifs is 1. The minimum Gasteiger partial charge on any atom is -0.330 e. The van der Waals surface area contributed by atoms with Crippen molar-refractivity contribution in [1.29, 1.82) is 0 Å². The van der Waals surface area contributed by atoms with E-state index in [1.807, 2.05) is 36.4 Å². The largest absolute Gasteiger partial charge is 0.330 e. The molecule has 8 heteroatoms. The summed E-state index contributed by atoms with van der Waals surface area (Å²) in [6.45, 7) is 0.362. The molecule has 0 amide bonds. The molecule has 3 aromatic rings. The number of benzene rings is 2. The monoisotopic (exact) mass is 455 g/mol. The van der Waals surface area contributed by atoms with Crippen molar-refractivity contribution in [3.8, 4) is 11.1 Å². The maximum absolute atomic E-state index is 12.3. The lowest BCUT2D eigenvalue weighted by atomic mass is 10.0. The maximum atomic E-state index is 12.3. The van der Waals surface area contributed by atoms with Crippen LogP contribution in [0.4, 0.5) is 0 Å². The van der Waals surface area contributed by atoms with Gasteiger partial charge in [0.2, 0.25) is 0 Å². The molecule has 4 rings (SSSR count). The summed E-state index contributed by atoms with van der Waals surface area (Å²) in [4.78, 5) is 19.9. The average molecular weight is 456 g/mol. The van der Waals surface area contributed by atoms with Crippen molar-refractivity contribution in [3.63, 3.8) is 0 Å². The van der Waals surface area contributed by atoms with E-state index in [4.69, 9.17) is 5.73 Å². The first-order chi connectivity index (χ1) is 15.0. The number of sulfone groups is 1. The molecular formula is C23H25N3O3S2. The zero-order chi connectivity index (χ0) is 21.8. The Morgan fingerprint density at radius 1 is 1.00 bits per heavy atom. The van der Waals surface area contributed by atoms with Crippen LogP contribution in [0.3, 0.4) is 0 Å². The Morgan fingerprint density at radius 2 is 1.68 bits per heavy atom. The number of aromatic amines is 1. The van der Waals surface area contributed by atoms with E-state index in [-0.39, 0.29) is 11.3 Å². The molecule has 6 nitrogen and oxygen atoms in total. The molecule has 0 bridgehead atoms. The average Bonchev–Trinajstić information content (AvgIpc) is 3.26. The molecule has 2 aromatic carbocycles. The van der Waals surface area contributed by atoms with Crippen LogP contribution in [-0.4, -0.2) is 30.7 Å². The molecule has 162 valence electrons. The molecule has 0 fully saturated rings. The van der Waals surface area contributed by atoms with Crippen molar-refractivity contribution in [2.75, 3.05) is 12.3 Å². The normalized spacial score (nSPS) is 13.3. The lowest BCUT2D eigenvalue weighted by molar-refractivity contribution is 0.593. The molecular weight excluding hydrogens is 430 g/mol. The second kappa shape index (κ2) is 9.38. The lowest BCUT2D eigenvalue weighted by Gasteiger charge is -2.07. The highest BCUT2D eigenvalue weighted by atomic mass is 32.2. The number of nitrogens with zero attached hydrogens (tertiary/aromatic N) is 1. The van der Waals surface area contributed by atoms with E-state index in [0.29, 0.717) is 28.8 Å². The van der Waals surface area contributed by atoms with Gasteiger partial charge in [-0.25, -0.2) is 13.4 Å². The summed E-state index contributed by atoms with van der Waals surface area (Å²) in [6, 6.07) is 15.1. The van der Waals surface area contributed by atoms with Crippen molar-refractivity contribution in [1.82, 2.24) is 9.97 Å². The molecule has 0 spiro atoms. The Kier molecular flexibility index (Phi) is 6.60. The smallest absolute Gasteiger partial charge is 0.254 e. The Labute approximate surface area is 186 Å². The number of aromatic nitrogens is 2. The van der Waals surface area contributed by atoms with Crippen LogP contribution in [0.5, 0.6) is 0 Å². The molecule has 1 aliphatic rings. The first-order valence-electron chi connectivity index (χ1n) is 10.3. The van der Waals surface area contributed by atoms with Crippen molar-refractivity contribution in [3.05, 3.63) is 75.7 Å². The van der Waals surface area contributed by atoms with E-state index in [0.717, 1.165) is 47.2 Å². The summed E-state index contributed by atoms with van der Waals surface area (Å²) in [5, 5.41) is 0.668. The third kappa shape index (κ3) is 5.08. The number of nitrogens with two attached hydrogens (primary N) is 1. The Morgan fingerprint density at radius 3 is 2.35 bits per heavy atom. The second-order valence-electron chi connectivity index (χ2n) is 7.62. The van der Waals surface area contributed by atoms with Crippen LogP contribution in [0, 0.1) is 0 Å². The van der Waals surface area contributed by atoms with Gasteiger partial charge in [0.25, 0.3) is 5.56 Å². The fraction of sp³-hybridized carbons (Fsp3) is 0.304. The highest BCUT2D eigenvalue weighted by Crippen LogP contribution is 2.26.